The number of amides is 1. The summed E-state index contributed by atoms with van der Waals surface area (Å²) >= 11 is 0. The van der Waals surface area contributed by atoms with Crippen molar-refractivity contribution in [1.29, 1.82) is 0 Å². The number of benzene rings is 1. The Kier molecular flexibility index (Phi) is 4.93. The number of nitrogens with zero attached hydrogens (tertiary/aromatic N) is 4. The van der Waals surface area contributed by atoms with Gasteiger partial charge in [0.25, 0.3) is 5.56 Å². The summed E-state index contributed by atoms with van der Waals surface area (Å²) in [5.41, 5.74) is 4.03. The van der Waals surface area contributed by atoms with Gasteiger partial charge in [-0.15, -0.1) is 0 Å². The van der Waals surface area contributed by atoms with Crippen LogP contribution in [0.1, 0.15) is 37.7 Å². The van der Waals surface area contributed by atoms with E-state index in [4.69, 9.17) is 4.98 Å². The third-order valence-electron chi connectivity index (χ3n) is 6.69. The van der Waals surface area contributed by atoms with Crippen LogP contribution in [0.5, 0.6) is 0 Å². The summed E-state index contributed by atoms with van der Waals surface area (Å²) in [6, 6.07) is 11.6. The van der Waals surface area contributed by atoms with Crippen molar-refractivity contribution in [3.05, 3.63) is 58.3 Å². The van der Waals surface area contributed by atoms with E-state index in [1.54, 1.807) is 6.07 Å². The van der Waals surface area contributed by atoms with Gasteiger partial charge < -0.3 is 14.5 Å². The number of carbonyl (C=O) groups is 1. The van der Waals surface area contributed by atoms with E-state index in [2.05, 4.69) is 27.9 Å². The van der Waals surface area contributed by atoms with Crippen molar-refractivity contribution >= 4 is 22.6 Å². The van der Waals surface area contributed by atoms with Crippen LogP contribution in [0.4, 0.5) is 5.69 Å². The fraction of sp³-hybridized carbons (Fsp3) is 0.458. The molecule has 2 bridgehead atoms. The fourth-order valence-corrected chi connectivity index (χ4v) is 5.08. The molecule has 2 atom stereocenters. The molecule has 0 radical (unpaired) electrons. The molecular weight excluding hydrogens is 390 g/mol. The summed E-state index contributed by atoms with van der Waals surface area (Å²) in [7, 11) is 2.05. The van der Waals surface area contributed by atoms with Crippen molar-refractivity contribution in [3.8, 4) is 0 Å². The molecule has 4 heterocycles. The molecule has 7 nitrogen and oxygen atoms in total. The van der Waals surface area contributed by atoms with Gasteiger partial charge in [-0.25, -0.2) is 4.98 Å². The number of rotatable bonds is 4. The quantitative estimate of drug-likeness (QED) is 0.706. The molecule has 162 valence electrons. The molecule has 2 unspecified atom stereocenters. The number of hydrogen-bond donors (Lipinski definition) is 1. The summed E-state index contributed by atoms with van der Waals surface area (Å²) < 4.78 is 4.12. The first-order valence-corrected chi connectivity index (χ1v) is 11.1. The molecule has 3 aromatic rings. The largest absolute Gasteiger partial charge is 0.330 e. The van der Waals surface area contributed by atoms with Crippen LogP contribution in [0.2, 0.25) is 0 Å². The molecule has 31 heavy (non-hydrogen) atoms. The standard InChI is InChI=1S/C24H29N5O2/c1-15(2)24(31)25-18-7-8-21-19(10-18)26-22(27(21)3)14-28-11-16-9-17(13-28)20-5-4-6-23(30)29(20)12-16/h4-8,10,15-17H,9,11-14H2,1-3H3,(H,25,31). The first-order valence-electron chi connectivity index (χ1n) is 11.1. The molecule has 1 saturated heterocycles. The second-order valence-electron chi connectivity index (χ2n) is 9.33. The second-order valence-corrected chi connectivity index (χ2v) is 9.33. The Morgan fingerprint density at radius 3 is 2.84 bits per heavy atom. The minimum Gasteiger partial charge on any atom is -0.330 e. The molecule has 1 amide bonds. The van der Waals surface area contributed by atoms with Crippen molar-refractivity contribution in [1.82, 2.24) is 19.0 Å². The van der Waals surface area contributed by atoms with Crippen LogP contribution in [0, 0.1) is 11.8 Å². The normalized spacial score (nSPS) is 20.8. The summed E-state index contributed by atoms with van der Waals surface area (Å²) in [5.74, 6) is 1.87. The van der Waals surface area contributed by atoms with E-state index in [1.807, 2.05) is 42.7 Å². The Labute approximate surface area is 181 Å². The minimum atomic E-state index is -0.0606. The zero-order chi connectivity index (χ0) is 21.7. The van der Waals surface area contributed by atoms with Crippen LogP contribution in [0.25, 0.3) is 11.0 Å². The number of pyridine rings is 1. The number of carbonyl (C=O) groups excluding carboxylic acids is 1. The van der Waals surface area contributed by atoms with E-state index in [0.717, 1.165) is 55.1 Å². The van der Waals surface area contributed by atoms with Crippen LogP contribution in [-0.2, 0) is 24.9 Å². The number of imidazole rings is 1. The molecule has 7 heteroatoms. The zero-order valence-corrected chi connectivity index (χ0v) is 18.3. The SMILES string of the molecule is CC(C)C(=O)Nc1ccc2c(c1)nc(CN1CC3CC(C1)c1cccc(=O)n1C3)n2C. The molecular formula is C24H29N5O2. The van der Waals surface area contributed by atoms with Crippen LogP contribution in [0.3, 0.4) is 0 Å². The fourth-order valence-electron chi connectivity index (χ4n) is 5.08. The van der Waals surface area contributed by atoms with Gasteiger partial charge in [-0.3, -0.25) is 14.5 Å². The molecule has 2 aromatic heterocycles. The number of anilines is 1. The predicted octanol–water partition coefficient (Wildman–Crippen LogP) is 2.95. The van der Waals surface area contributed by atoms with Crippen molar-refractivity contribution in [2.24, 2.45) is 18.9 Å². The first-order chi connectivity index (χ1) is 14.9. The van der Waals surface area contributed by atoms with E-state index in [1.165, 1.54) is 5.69 Å². The number of nitrogens with one attached hydrogen (secondary N) is 1. The highest BCUT2D eigenvalue weighted by molar-refractivity contribution is 5.94. The van der Waals surface area contributed by atoms with Gasteiger partial charge in [0.05, 0.1) is 17.6 Å². The highest BCUT2D eigenvalue weighted by atomic mass is 16.2. The zero-order valence-electron chi connectivity index (χ0n) is 18.3. The van der Waals surface area contributed by atoms with Gasteiger partial charge >= 0.3 is 0 Å². The lowest BCUT2D eigenvalue weighted by molar-refractivity contribution is -0.118. The maximum Gasteiger partial charge on any atom is 0.250 e. The Balaban J connectivity index is 1.37. The van der Waals surface area contributed by atoms with E-state index >= 15 is 0 Å². The van der Waals surface area contributed by atoms with E-state index in [-0.39, 0.29) is 17.4 Å². The van der Waals surface area contributed by atoms with Crippen molar-refractivity contribution in [3.63, 3.8) is 0 Å². The molecule has 0 spiro atoms. The summed E-state index contributed by atoms with van der Waals surface area (Å²) in [5, 5.41) is 2.96. The van der Waals surface area contributed by atoms with E-state index < -0.39 is 0 Å². The molecule has 0 saturated carbocycles. The monoisotopic (exact) mass is 419 g/mol. The molecule has 1 aromatic carbocycles. The lowest BCUT2D eigenvalue weighted by atomic mass is 9.83. The molecule has 2 aliphatic heterocycles. The highest BCUT2D eigenvalue weighted by Crippen LogP contribution is 2.35. The number of fused-ring (bicyclic) bond motifs is 5. The van der Waals surface area contributed by atoms with Crippen LogP contribution in [-0.4, -0.2) is 38.0 Å². The Morgan fingerprint density at radius 2 is 2.03 bits per heavy atom. The van der Waals surface area contributed by atoms with Gasteiger partial charge in [-0.2, -0.15) is 0 Å². The van der Waals surface area contributed by atoms with Gasteiger partial charge in [0.15, 0.2) is 0 Å². The summed E-state index contributed by atoms with van der Waals surface area (Å²) in [6.45, 7) is 7.28. The molecule has 2 aliphatic rings. The minimum absolute atomic E-state index is 0.00903. The van der Waals surface area contributed by atoms with Gasteiger partial charge in [0.2, 0.25) is 5.91 Å². The number of hydrogen-bond acceptors (Lipinski definition) is 4. The predicted molar refractivity (Wildman–Crippen MR) is 121 cm³/mol. The van der Waals surface area contributed by atoms with Crippen molar-refractivity contribution in [2.75, 3.05) is 18.4 Å². The number of likely N-dealkylation sites (tertiary alicyclic amines) is 1. The lowest BCUT2D eigenvalue weighted by Crippen LogP contribution is -2.46. The van der Waals surface area contributed by atoms with Gasteiger partial charge in [0, 0.05) is 56.0 Å². The number of aromatic nitrogens is 3. The third kappa shape index (κ3) is 3.67. The topological polar surface area (TPSA) is 72.2 Å². The number of aryl methyl sites for hydroxylation is 1. The molecule has 5 rings (SSSR count). The maximum atomic E-state index is 12.3. The Hall–Kier alpha value is -2.93. The molecule has 0 aliphatic carbocycles. The maximum absolute atomic E-state index is 12.3. The second kappa shape index (κ2) is 7.64. The highest BCUT2D eigenvalue weighted by Gasteiger charge is 2.34. The van der Waals surface area contributed by atoms with Crippen LogP contribution >= 0.6 is 0 Å². The summed E-state index contributed by atoms with van der Waals surface area (Å²) in [6.07, 6.45) is 1.15. The van der Waals surface area contributed by atoms with Crippen molar-refractivity contribution in [2.45, 2.75) is 39.3 Å². The Morgan fingerprint density at radius 1 is 1.19 bits per heavy atom. The van der Waals surface area contributed by atoms with Gasteiger partial charge in [-0.05, 0) is 36.6 Å². The van der Waals surface area contributed by atoms with Gasteiger partial charge in [0.1, 0.15) is 5.82 Å². The van der Waals surface area contributed by atoms with Crippen molar-refractivity contribution < 1.29 is 4.79 Å². The van der Waals surface area contributed by atoms with Crippen LogP contribution < -0.4 is 10.9 Å². The lowest BCUT2D eigenvalue weighted by Gasteiger charge is -2.42. The Bertz CT molecular complexity index is 1210. The number of piperidine rings is 1. The average molecular weight is 420 g/mol. The first kappa shape index (κ1) is 20.0. The molecule has 1 N–H and O–H groups in total. The third-order valence-corrected chi connectivity index (χ3v) is 6.69. The summed E-state index contributed by atoms with van der Waals surface area (Å²) in [4.78, 5) is 31.6. The van der Waals surface area contributed by atoms with E-state index in [0.29, 0.717) is 11.8 Å². The van der Waals surface area contributed by atoms with E-state index in [9.17, 15) is 9.59 Å². The average Bonchev–Trinajstić information content (AvgIpc) is 3.03. The smallest absolute Gasteiger partial charge is 0.250 e. The molecule has 1 fully saturated rings. The van der Waals surface area contributed by atoms with Crippen LogP contribution in [0.15, 0.2) is 41.2 Å². The van der Waals surface area contributed by atoms with Gasteiger partial charge in [-0.1, -0.05) is 19.9 Å².